The third-order valence-corrected chi connectivity index (χ3v) is 2.59. The van der Waals surface area contributed by atoms with E-state index in [1.165, 1.54) is 10.9 Å². The van der Waals surface area contributed by atoms with E-state index in [9.17, 15) is 4.39 Å². The minimum atomic E-state index is -1.59. The molecule has 0 aliphatic rings. The van der Waals surface area contributed by atoms with Crippen molar-refractivity contribution >= 4 is 0 Å². The molecule has 0 spiro atoms. The van der Waals surface area contributed by atoms with Crippen molar-refractivity contribution in [3.05, 3.63) is 11.9 Å². The van der Waals surface area contributed by atoms with Gasteiger partial charge in [0.2, 0.25) is 0 Å². The monoisotopic (exact) mass is 200 g/mol. The minimum absolute atomic E-state index is 0.0717. The van der Waals surface area contributed by atoms with Crippen LogP contribution in [0.25, 0.3) is 0 Å². The lowest BCUT2D eigenvalue weighted by Crippen LogP contribution is -2.43. The topological polar surface area (TPSA) is 56.7 Å². The van der Waals surface area contributed by atoms with Crippen molar-refractivity contribution in [2.75, 3.05) is 6.54 Å². The Morgan fingerprint density at radius 2 is 2.07 bits per heavy atom. The Hall–Kier alpha value is -0.970. The van der Waals surface area contributed by atoms with Gasteiger partial charge in [-0.05, 0) is 0 Å². The zero-order chi connectivity index (χ0) is 11.0. The molecule has 0 bridgehead atoms. The summed E-state index contributed by atoms with van der Waals surface area (Å²) < 4.78 is 16.1. The molecule has 1 aromatic rings. The Labute approximate surface area is 83.3 Å². The minimum Gasteiger partial charge on any atom is -0.327 e. The first-order chi connectivity index (χ1) is 6.33. The highest BCUT2D eigenvalue weighted by atomic mass is 19.1. The lowest BCUT2D eigenvalue weighted by molar-refractivity contribution is 0.0262. The second-order valence-electron chi connectivity index (χ2n) is 4.50. The number of hydrogen-bond acceptors (Lipinski definition) is 3. The molecule has 0 saturated carbocycles. The molecule has 5 heteroatoms. The fraction of sp³-hybridized carbons (Fsp3) is 0.778. The zero-order valence-corrected chi connectivity index (χ0v) is 9.08. The second kappa shape index (κ2) is 3.31. The van der Waals surface area contributed by atoms with Gasteiger partial charge in [0, 0.05) is 19.0 Å². The van der Waals surface area contributed by atoms with Gasteiger partial charge in [-0.2, -0.15) is 0 Å². The first-order valence-electron chi connectivity index (χ1n) is 4.57. The average molecular weight is 200 g/mol. The number of rotatable bonds is 2. The van der Waals surface area contributed by atoms with Crippen LogP contribution in [0.2, 0.25) is 0 Å². The van der Waals surface area contributed by atoms with Crippen molar-refractivity contribution in [3.8, 4) is 0 Å². The zero-order valence-electron chi connectivity index (χ0n) is 9.08. The van der Waals surface area contributed by atoms with Gasteiger partial charge in [0.1, 0.15) is 0 Å². The van der Waals surface area contributed by atoms with Crippen LogP contribution in [0.5, 0.6) is 0 Å². The summed E-state index contributed by atoms with van der Waals surface area (Å²) in [6.07, 6.45) is 1.43. The molecule has 1 atom stereocenters. The van der Waals surface area contributed by atoms with Gasteiger partial charge >= 0.3 is 0 Å². The van der Waals surface area contributed by atoms with Crippen LogP contribution in [0.3, 0.4) is 0 Å². The number of aromatic nitrogens is 3. The molecule has 0 saturated heterocycles. The number of nitrogens with zero attached hydrogens (tertiary/aromatic N) is 3. The fourth-order valence-corrected chi connectivity index (χ4v) is 1.44. The summed E-state index contributed by atoms with van der Waals surface area (Å²) in [5.74, 6) is 0. The summed E-state index contributed by atoms with van der Waals surface area (Å²) >= 11 is 0. The summed E-state index contributed by atoms with van der Waals surface area (Å²) in [5.41, 5.74) is 3.77. The molecular formula is C9H17FN4. The third-order valence-electron chi connectivity index (χ3n) is 2.59. The van der Waals surface area contributed by atoms with Crippen molar-refractivity contribution in [1.82, 2.24) is 15.0 Å². The number of aryl methyl sites for hydroxylation is 1. The van der Waals surface area contributed by atoms with Crippen LogP contribution in [0.4, 0.5) is 4.39 Å². The number of hydrogen-bond donors (Lipinski definition) is 1. The second-order valence-corrected chi connectivity index (χ2v) is 4.50. The Balaban J connectivity index is 3.22. The van der Waals surface area contributed by atoms with Gasteiger partial charge in [-0.25, -0.2) is 9.07 Å². The van der Waals surface area contributed by atoms with Crippen LogP contribution in [-0.4, -0.2) is 21.5 Å². The van der Waals surface area contributed by atoms with Crippen LogP contribution in [-0.2, 0) is 12.7 Å². The molecule has 0 aliphatic heterocycles. The normalized spacial score (nSPS) is 16.7. The Morgan fingerprint density at radius 1 is 1.50 bits per heavy atom. The van der Waals surface area contributed by atoms with Crippen molar-refractivity contribution in [2.24, 2.45) is 18.2 Å². The highest BCUT2D eigenvalue weighted by Crippen LogP contribution is 2.41. The van der Waals surface area contributed by atoms with E-state index in [2.05, 4.69) is 10.3 Å². The van der Waals surface area contributed by atoms with Crippen LogP contribution >= 0.6 is 0 Å². The standard InChI is InChI=1S/C9H17FN4/c1-8(2,3)9(10,6-11)7-5-12-13-14(7)4/h5H,6,11H2,1-4H3. The lowest BCUT2D eigenvalue weighted by atomic mass is 9.76. The van der Waals surface area contributed by atoms with E-state index < -0.39 is 11.1 Å². The molecule has 0 aliphatic carbocycles. The third kappa shape index (κ3) is 1.52. The molecule has 1 heterocycles. The number of halogens is 1. The summed E-state index contributed by atoms with van der Waals surface area (Å²) in [5, 5.41) is 7.38. The first kappa shape index (κ1) is 11.1. The van der Waals surface area contributed by atoms with E-state index in [4.69, 9.17) is 5.73 Å². The van der Waals surface area contributed by atoms with Gasteiger partial charge < -0.3 is 5.73 Å². The van der Waals surface area contributed by atoms with Gasteiger partial charge in [-0.15, -0.1) is 5.10 Å². The molecule has 1 aromatic heterocycles. The summed E-state index contributed by atoms with van der Waals surface area (Å²) in [6.45, 7) is 5.37. The van der Waals surface area contributed by atoms with Gasteiger partial charge in [-0.3, -0.25) is 0 Å². The van der Waals surface area contributed by atoms with Crippen LogP contribution in [0.1, 0.15) is 26.5 Å². The average Bonchev–Trinajstić information content (AvgIpc) is 2.48. The largest absolute Gasteiger partial charge is 0.327 e. The summed E-state index contributed by atoms with van der Waals surface area (Å²) in [4.78, 5) is 0. The SMILES string of the molecule is Cn1nncc1C(F)(CN)C(C)(C)C. The van der Waals surface area contributed by atoms with Gasteiger partial charge in [0.15, 0.2) is 5.67 Å². The smallest absolute Gasteiger partial charge is 0.170 e. The fourth-order valence-electron chi connectivity index (χ4n) is 1.44. The van der Waals surface area contributed by atoms with Crippen molar-refractivity contribution < 1.29 is 4.39 Å². The molecule has 1 unspecified atom stereocenters. The summed E-state index contributed by atoms with van der Waals surface area (Å²) in [7, 11) is 1.66. The maximum Gasteiger partial charge on any atom is 0.170 e. The van der Waals surface area contributed by atoms with E-state index in [0.29, 0.717) is 5.69 Å². The molecular weight excluding hydrogens is 183 g/mol. The molecule has 4 nitrogen and oxygen atoms in total. The van der Waals surface area contributed by atoms with Crippen LogP contribution in [0, 0.1) is 5.41 Å². The Kier molecular flexibility index (Phi) is 2.63. The maximum atomic E-state index is 14.6. The Bertz CT molecular complexity index is 315. The quantitative estimate of drug-likeness (QED) is 0.774. The molecule has 80 valence electrons. The van der Waals surface area contributed by atoms with Crippen LogP contribution in [0.15, 0.2) is 6.20 Å². The van der Waals surface area contributed by atoms with E-state index in [0.717, 1.165) is 0 Å². The molecule has 0 aromatic carbocycles. The van der Waals surface area contributed by atoms with E-state index in [-0.39, 0.29) is 6.54 Å². The van der Waals surface area contributed by atoms with Gasteiger partial charge in [0.25, 0.3) is 0 Å². The van der Waals surface area contributed by atoms with Gasteiger partial charge in [0.05, 0.1) is 11.9 Å². The van der Waals surface area contributed by atoms with Gasteiger partial charge in [-0.1, -0.05) is 26.0 Å². The molecule has 0 radical (unpaired) electrons. The number of nitrogens with two attached hydrogens (primary N) is 1. The van der Waals surface area contributed by atoms with Crippen molar-refractivity contribution in [3.63, 3.8) is 0 Å². The molecule has 14 heavy (non-hydrogen) atoms. The molecule has 1 rings (SSSR count). The van der Waals surface area contributed by atoms with E-state index >= 15 is 0 Å². The molecule has 2 N–H and O–H groups in total. The molecule has 0 fully saturated rings. The van der Waals surface area contributed by atoms with E-state index in [1.54, 1.807) is 7.05 Å². The highest BCUT2D eigenvalue weighted by Gasteiger charge is 2.45. The number of alkyl halides is 1. The highest BCUT2D eigenvalue weighted by molar-refractivity contribution is 5.13. The predicted molar refractivity (Wildman–Crippen MR) is 52.3 cm³/mol. The maximum absolute atomic E-state index is 14.6. The lowest BCUT2D eigenvalue weighted by Gasteiger charge is -2.36. The molecule has 0 amide bonds. The Morgan fingerprint density at radius 3 is 2.36 bits per heavy atom. The van der Waals surface area contributed by atoms with E-state index in [1.807, 2.05) is 20.8 Å². The first-order valence-corrected chi connectivity index (χ1v) is 4.57. The van der Waals surface area contributed by atoms with Crippen molar-refractivity contribution in [2.45, 2.75) is 26.4 Å². The summed E-state index contributed by atoms with van der Waals surface area (Å²) in [6, 6.07) is 0. The van der Waals surface area contributed by atoms with Crippen molar-refractivity contribution in [1.29, 1.82) is 0 Å². The predicted octanol–water partition coefficient (Wildman–Crippen LogP) is 0.985. The van der Waals surface area contributed by atoms with Crippen LogP contribution < -0.4 is 5.73 Å².